The SMILES string of the molecule is c1c[nH]c(CCCNC2CCNC2)n1. The van der Waals surface area contributed by atoms with E-state index >= 15 is 0 Å². The number of hydrogen-bond donors (Lipinski definition) is 3. The zero-order valence-corrected chi connectivity index (χ0v) is 8.42. The van der Waals surface area contributed by atoms with Gasteiger partial charge in [-0.1, -0.05) is 0 Å². The van der Waals surface area contributed by atoms with Crippen LogP contribution in [0.15, 0.2) is 12.4 Å². The predicted octanol–water partition coefficient (Wildman–Crippen LogP) is 0.294. The highest BCUT2D eigenvalue weighted by molar-refractivity contribution is 4.87. The summed E-state index contributed by atoms with van der Waals surface area (Å²) in [6, 6.07) is 0.687. The molecule has 0 radical (unpaired) electrons. The first-order chi connectivity index (χ1) is 6.95. The Labute approximate surface area is 84.5 Å². The molecule has 1 aromatic heterocycles. The number of rotatable bonds is 5. The van der Waals surface area contributed by atoms with Crippen LogP contribution in [0.2, 0.25) is 0 Å². The van der Waals surface area contributed by atoms with E-state index in [0.29, 0.717) is 6.04 Å². The summed E-state index contributed by atoms with van der Waals surface area (Å²) in [5.74, 6) is 1.09. The molecule has 2 rings (SSSR count). The number of aromatic amines is 1. The van der Waals surface area contributed by atoms with Gasteiger partial charge >= 0.3 is 0 Å². The largest absolute Gasteiger partial charge is 0.349 e. The number of aryl methyl sites for hydroxylation is 1. The van der Waals surface area contributed by atoms with Crippen LogP contribution in [-0.4, -0.2) is 35.6 Å². The standard InChI is InChI=1S/C10H18N4/c1(2-10-13-6-7-14-10)4-12-9-3-5-11-8-9/h6-7,9,11-12H,1-5,8H2,(H,13,14). The molecule has 14 heavy (non-hydrogen) atoms. The molecule has 3 N–H and O–H groups in total. The van der Waals surface area contributed by atoms with Crippen molar-refractivity contribution in [1.82, 2.24) is 20.6 Å². The number of nitrogens with one attached hydrogen (secondary N) is 3. The van der Waals surface area contributed by atoms with Crippen molar-refractivity contribution in [1.29, 1.82) is 0 Å². The van der Waals surface area contributed by atoms with Gasteiger partial charge in [-0.15, -0.1) is 0 Å². The van der Waals surface area contributed by atoms with Gasteiger partial charge in [0.2, 0.25) is 0 Å². The van der Waals surface area contributed by atoms with Crippen LogP contribution >= 0.6 is 0 Å². The van der Waals surface area contributed by atoms with Crippen LogP contribution < -0.4 is 10.6 Å². The van der Waals surface area contributed by atoms with Crippen LogP contribution in [0.4, 0.5) is 0 Å². The van der Waals surface area contributed by atoms with Crippen LogP contribution in [-0.2, 0) is 6.42 Å². The molecule has 0 spiro atoms. The van der Waals surface area contributed by atoms with Crippen LogP contribution in [0.5, 0.6) is 0 Å². The van der Waals surface area contributed by atoms with Crippen molar-refractivity contribution in [2.75, 3.05) is 19.6 Å². The summed E-state index contributed by atoms with van der Waals surface area (Å²) in [6.45, 7) is 3.38. The number of aromatic nitrogens is 2. The summed E-state index contributed by atoms with van der Waals surface area (Å²) in [4.78, 5) is 7.30. The quantitative estimate of drug-likeness (QED) is 0.591. The summed E-state index contributed by atoms with van der Waals surface area (Å²) in [5, 5.41) is 6.89. The molecular formula is C10H18N4. The van der Waals surface area contributed by atoms with Crippen molar-refractivity contribution in [2.24, 2.45) is 0 Å². The number of hydrogen-bond acceptors (Lipinski definition) is 3. The van der Waals surface area contributed by atoms with E-state index in [2.05, 4.69) is 20.6 Å². The zero-order valence-electron chi connectivity index (χ0n) is 8.42. The summed E-state index contributed by atoms with van der Waals surface area (Å²) in [5.41, 5.74) is 0. The lowest BCUT2D eigenvalue weighted by Gasteiger charge is -2.09. The van der Waals surface area contributed by atoms with E-state index in [1.54, 1.807) is 0 Å². The summed E-state index contributed by atoms with van der Waals surface area (Å²) in [6.07, 6.45) is 7.15. The Kier molecular flexibility index (Phi) is 3.54. The van der Waals surface area contributed by atoms with Gasteiger partial charge in [0, 0.05) is 31.4 Å². The second-order valence-electron chi connectivity index (χ2n) is 3.78. The lowest BCUT2D eigenvalue weighted by Crippen LogP contribution is -2.31. The molecule has 78 valence electrons. The minimum atomic E-state index is 0.687. The van der Waals surface area contributed by atoms with Crippen molar-refractivity contribution in [3.8, 4) is 0 Å². The fourth-order valence-electron chi connectivity index (χ4n) is 1.83. The first kappa shape index (κ1) is 9.68. The van der Waals surface area contributed by atoms with Crippen LogP contribution in [0.25, 0.3) is 0 Å². The Morgan fingerprint density at radius 2 is 2.57 bits per heavy atom. The van der Waals surface area contributed by atoms with Gasteiger partial charge in [0.15, 0.2) is 0 Å². The molecule has 0 amide bonds. The van der Waals surface area contributed by atoms with Crippen molar-refractivity contribution < 1.29 is 0 Å². The first-order valence-electron chi connectivity index (χ1n) is 5.37. The average molecular weight is 194 g/mol. The van der Waals surface area contributed by atoms with Gasteiger partial charge in [-0.25, -0.2) is 4.98 Å². The van der Waals surface area contributed by atoms with Gasteiger partial charge in [-0.2, -0.15) is 0 Å². The van der Waals surface area contributed by atoms with E-state index in [0.717, 1.165) is 38.3 Å². The maximum absolute atomic E-state index is 4.19. The monoisotopic (exact) mass is 194 g/mol. The van der Waals surface area contributed by atoms with Gasteiger partial charge in [0.25, 0.3) is 0 Å². The van der Waals surface area contributed by atoms with Crippen molar-refractivity contribution in [2.45, 2.75) is 25.3 Å². The van der Waals surface area contributed by atoms with Gasteiger partial charge < -0.3 is 15.6 Å². The Morgan fingerprint density at radius 3 is 3.29 bits per heavy atom. The molecule has 0 aliphatic carbocycles. The third kappa shape index (κ3) is 2.82. The molecule has 1 fully saturated rings. The van der Waals surface area contributed by atoms with Crippen molar-refractivity contribution in [3.05, 3.63) is 18.2 Å². The Hall–Kier alpha value is -0.870. The minimum Gasteiger partial charge on any atom is -0.349 e. The van der Waals surface area contributed by atoms with Gasteiger partial charge in [-0.05, 0) is 25.9 Å². The molecule has 1 saturated heterocycles. The van der Waals surface area contributed by atoms with Crippen molar-refractivity contribution in [3.63, 3.8) is 0 Å². The predicted molar refractivity (Wildman–Crippen MR) is 56.2 cm³/mol. The molecule has 2 heterocycles. The zero-order chi connectivity index (χ0) is 9.64. The topological polar surface area (TPSA) is 52.7 Å². The lowest BCUT2D eigenvalue weighted by atomic mass is 10.2. The van der Waals surface area contributed by atoms with E-state index in [9.17, 15) is 0 Å². The van der Waals surface area contributed by atoms with E-state index in [1.807, 2.05) is 12.4 Å². The third-order valence-corrected chi connectivity index (χ3v) is 2.64. The van der Waals surface area contributed by atoms with E-state index in [1.165, 1.54) is 6.42 Å². The molecule has 1 unspecified atom stereocenters. The Balaban J connectivity index is 1.55. The molecule has 0 bridgehead atoms. The normalized spacial score (nSPS) is 21.6. The molecule has 1 atom stereocenters. The second kappa shape index (κ2) is 5.12. The summed E-state index contributed by atoms with van der Waals surface area (Å²) in [7, 11) is 0. The van der Waals surface area contributed by atoms with Gasteiger partial charge in [0.05, 0.1) is 0 Å². The van der Waals surface area contributed by atoms with Crippen molar-refractivity contribution >= 4 is 0 Å². The molecule has 4 heteroatoms. The Bertz CT molecular complexity index is 239. The molecule has 0 aromatic carbocycles. The van der Waals surface area contributed by atoms with E-state index in [4.69, 9.17) is 0 Å². The highest BCUT2D eigenvalue weighted by Crippen LogP contribution is 1.98. The van der Waals surface area contributed by atoms with E-state index < -0.39 is 0 Å². The minimum absolute atomic E-state index is 0.687. The number of H-pyrrole nitrogens is 1. The Morgan fingerprint density at radius 1 is 1.57 bits per heavy atom. The average Bonchev–Trinajstić information content (AvgIpc) is 2.86. The first-order valence-corrected chi connectivity index (χ1v) is 5.37. The van der Waals surface area contributed by atoms with E-state index in [-0.39, 0.29) is 0 Å². The maximum atomic E-state index is 4.19. The second-order valence-corrected chi connectivity index (χ2v) is 3.78. The number of nitrogens with zero attached hydrogens (tertiary/aromatic N) is 1. The number of imidazole rings is 1. The van der Waals surface area contributed by atoms with Crippen LogP contribution in [0, 0.1) is 0 Å². The highest BCUT2D eigenvalue weighted by Gasteiger charge is 2.12. The molecule has 1 aliphatic rings. The fourth-order valence-corrected chi connectivity index (χ4v) is 1.83. The van der Waals surface area contributed by atoms with Gasteiger partial charge in [0.1, 0.15) is 5.82 Å². The summed E-state index contributed by atoms with van der Waals surface area (Å²) < 4.78 is 0. The summed E-state index contributed by atoms with van der Waals surface area (Å²) >= 11 is 0. The lowest BCUT2D eigenvalue weighted by molar-refractivity contribution is 0.533. The van der Waals surface area contributed by atoms with Crippen LogP contribution in [0.1, 0.15) is 18.7 Å². The molecule has 1 aliphatic heterocycles. The fraction of sp³-hybridized carbons (Fsp3) is 0.700. The maximum Gasteiger partial charge on any atom is 0.106 e. The van der Waals surface area contributed by atoms with Crippen LogP contribution in [0.3, 0.4) is 0 Å². The highest BCUT2D eigenvalue weighted by atomic mass is 15.0. The molecular weight excluding hydrogens is 176 g/mol. The molecule has 4 nitrogen and oxygen atoms in total. The third-order valence-electron chi connectivity index (χ3n) is 2.64. The molecule has 1 aromatic rings. The molecule has 0 saturated carbocycles. The smallest absolute Gasteiger partial charge is 0.106 e. The van der Waals surface area contributed by atoms with Gasteiger partial charge in [-0.3, -0.25) is 0 Å².